The normalized spacial score (nSPS) is 16.3. The predicted octanol–water partition coefficient (Wildman–Crippen LogP) is 3.26. The smallest absolute Gasteiger partial charge is 0.267 e. The molecule has 0 saturated heterocycles. The average molecular weight is 236 g/mol. The lowest BCUT2D eigenvalue weighted by atomic mass is 9.95. The van der Waals surface area contributed by atoms with Gasteiger partial charge in [-0.2, -0.15) is 8.42 Å². The molecule has 2 unspecified atom stereocenters. The fraction of sp³-hybridized carbons (Fsp3) is 1.00. The van der Waals surface area contributed by atoms with Crippen molar-refractivity contribution in [1.82, 2.24) is 0 Å². The zero-order valence-electron chi connectivity index (χ0n) is 10.1. The van der Waals surface area contributed by atoms with Crippen LogP contribution in [-0.2, 0) is 10.1 Å². The Balaban J connectivity index is 4.03. The lowest BCUT2D eigenvalue weighted by Gasteiger charge is -2.19. The van der Waals surface area contributed by atoms with Crippen molar-refractivity contribution in [3.05, 3.63) is 0 Å². The number of hydrogen-bond acceptors (Lipinski definition) is 2. The molecule has 0 aromatic rings. The van der Waals surface area contributed by atoms with E-state index in [1.807, 2.05) is 6.92 Å². The van der Waals surface area contributed by atoms with Crippen molar-refractivity contribution in [1.29, 1.82) is 0 Å². The van der Waals surface area contributed by atoms with Crippen LogP contribution in [0.2, 0.25) is 0 Å². The molecule has 2 atom stereocenters. The monoisotopic (exact) mass is 236 g/mol. The SMILES string of the molecule is CCCCCCC(CC)C(C)S(=O)(=O)O. The molecule has 0 aliphatic rings. The summed E-state index contributed by atoms with van der Waals surface area (Å²) < 4.78 is 30.9. The van der Waals surface area contributed by atoms with Crippen LogP contribution in [-0.4, -0.2) is 18.2 Å². The lowest BCUT2D eigenvalue weighted by molar-refractivity contribution is 0.392. The summed E-state index contributed by atoms with van der Waals surface area (Å²) in [6.07, 6.45) is 6.32. The van der Waals surface area contributed by atoms with Gasteiger partial charge in [0.2, 0.25) is 0 Å². The third-order valence-corrected chi connectivity index (χ3v) is 4.41. The van der Waals surface area contributed by atoms with Gasteiger partial charge in [-0.25, -0.2) is 0 Å². The minimum absolute atomic E-state index is 0.0943. The van der Waals surface area contributed by atoms with E-state index >= 15 is 0 Å². The first-order chi connectivity index (χ1) is 6.93. The maximum Gasteiger partial charge on any atom is 0.267 e. The van der Waals surface area contributed by atoms with Crippen molar-refractivity contribution in [2.45, 2.75) is 64.5 Å². The van der Waals surface area contributed by atoms with Crippen LogP contribution in [0.4, 0.5) is 0 Å². The fourth-order valence-corrected chi connectivity index (χ4v) is 2.66. The summed E-state index contributed by atoms with van der Waals surface area (Å²) >= 11 is 0. The molecule has 15 heavy (non-hydrogen) atoms. The molecule has 92 valence electrons. The Hall–Kier alpha value is -0.0900. The molecule has 0 heterocycles. The number of hydrogen-bond donors (Lipinski definition) is 1. The van der Waals surface area contributed by atoms with Gasteiger partial charge >= 0.3 is 0 Å². The summed E-state index contributed by atoms with van der Waals surface area (Å²) in [4.78, 5) is 0. The zero-order valence-corrected chi connectivity index (χ0v) is 10.9. The van der Waals surface area contributed by atoms with E-state index in [1.54, 1.807) is 6.92 Å². The second-order valence-electron chi connectivity index (χ2n) is 4.24. The van der Waals surface area contributed by atoms with Crippen molar-refractivity contribution in [2.75, 3.05) is 0 Å². The third-order valence-electron chi connectivity index (χ3n) is 3.09. The second kappa shape index (κ2) is 7.23. The second-order valence-corrected chi connectivity index (χ2v) is 6.01. The van der Waals surface area contributed by atoms with Crippen LogP contribution in [0.5, 0.6) is 0 Å². The van der Waals surface area contributed by atoms with Gasteiger partial charge in [-0.15, -0.1) is 0 Å². The molecule has 4 heteroatoms. The molecule has 0 bridgehead atoms. The van der Waals surface area contributed by atoms with Gasteiger partial charge in [0.05, 0.1) is 5.25 Å². The van der Waals surface area contributed by atoms with Crippen LogP contribution in [0.15, 0.2) is 0 Å². The van der Waals surface area contributed by atoms with E-state index in [0.29, 0.717) is 0 Å². The average Bonchev–Trinajstić information content (AvgIpc) is 2.16. The standard InChI is InChI=1S/C11H24O3S/c1-4-6-7-8-9-11(5-2)10(3)15(12,13)14/h10-11H,4-9H2,1-3H3,(H,12,13,14). The molecule has 0 radical (unpaired) electrons. The van der Waals surface area contributed by atoms with E-state index < -0.39 is 15.4 Å². The molecule has 0 spiro atoms. The largest absolute Gasteiger partial charge is 0.285 e. The van der Waals surface area contributed by atoms with Crippen LogP contribution in [0.3, 0.4) is 0 Å². The zero-order chi connectivity index (χ0) is 11.9. The van der Waals surface area contributed by atoms with Crippen LogP contribution in [0.1, 0.15) is 59.3 Å². The highest BCUT2D eigenvalue weighted by molar-refractivity contribution is 7.86. The molecule has 3 nitrogen and oxygen atoms in total. The number of unbranched alkanes of at least 4 members (excludes halogenated alkanes) is 3. The molecular formula is C11H24O3S. The molecule has 0 aliphatic carbocycles. The van der Waals surface area contributed by atoms with E-state index in [9.17, 15) is 8.42 Å². The van der Waals surface area contributed by atoms with Crippen molar-refractivity contribution in [3.63, 3.8) is 0 Å². The van der Waals surface area contributed by atoms with Crippen molar-refractivity contribution >= 4 is 10.1 Å². The molecule has 1 N–H and O–H groups in total. The maximum absolute atomic E-state index is 11.0. The third kappa shape index (κ3) is 6.15. The minimum Gasteiger partial charge on any atom is -0.285 e. The van der Waals surface area contributed by atoms with E-state index in [4.69, 9.17) is 4.55 Å². The topological polar surface area (TPSA) is 54.4 Å². The Labute approximate surface area is 94.0 Å². The van der Waals surface area contributed by atoms with E-state index in [0.717, 1.165) is 25.7 Å². The van der Waals surface area contributed by atoms with Crippen LogP contribution in [0.25, 0.3) is 0 Å². The van der Waals surface area contributed by atoms with Gasteiger partial charge in [0, 0.05) is 0 Å². The first kappa shape index (κ1) is 14.9. The molecule has 0 fully saturated rings. The van der Waals surface area contributed by atoms with E-state index in [1.165, 1.54) is 12.8 Å². The first-order valence-electron chi connectivity index (χ1n) is 5.89. The molecule has 0 aliphatic heterocycles. The Morgan fingerprint density at radius 3 is 2.13 bits per heavy atom. The van der Waals surface area contributed by atoms with Crippen LogP contribution < -0.4 is 0 Å². The fourth-order valence-electron chi connectivity index (χ4n) is 1.85. The van der Waals surface area contributed by atoms with Gasteiger partial charge < -0.3 is 0 Å². The van der Waals surface area contributed by atoms with Gasteiger partial charge in [0.15, 0.2) is 0 Å². The lowest BCUT2D eigenvalue weighted by Crippen LogP contribution is -2.26. The Kier molecular flexibility index (Phi) is 7.18. The quantitative estimate of drug-likeness (QED) is 0.520. The summed E-state index contributed by atoms with van der Waals surface area (Å²) in [5, 5.41) is -0.621. The highest BCUT2D eigenvalue weighted by atomic mass is 32.2. The molecule has 0 aromatic carbocycles. The molecule has 0 rings (SSSR count). The van der Waals surface area contributed by atoms with Gasteiger partial charge in [0.25, 0.3) is 10.1 Å². The summed E-state index contributed by atoms with van der Waals surface area (Å²) in [5.74, 6) is 0.0943. The summed E-state index contributed by atoms with van der Waals surface area (Å²) in [7, 11) is -3.86. The Morgan fingerprint density at radius 1 is 1.13 bits per heavy atom. The Bertz CT molecular complexity index is 247. The van der Waals surface area contributed by atoms with E-state index in [-0.39, 0.29) is 5.92 Å². The van der Waals surface area contributed by atoms with Crippen LogP contribution in [0, 0.1) is 5.92 Å². The van der Waals surface area contributed by atoms with Crippen molar-refractivity contribution in [2.24, 2.45) is 5.92 Å². The van der Waals surface area contributed by atoms with Crippen LogP contribution >= 0.6 is 0 Å². The van der Waals surface area contributed by atoms with Gasteiger partial charge in [-0.3, -0.25) is 4.55 Å². The van der Waals surface area contributed by atoms with Crippen molar-refractivity contribution in [3.8, 4) is 0 Å². The first-order valence-corrected chi connectivity index (χ1v) is 7.40. The number of rotatable bonds is 8. The van der Waals surface area contributed by atoms with Crippen molar-refractivity contribution < 1.29 is 13.0 Å². The van der Waals surface area contributed by atoms with Gasteiger partial charge in [-0.05, 0) is 19.3 Å². The molecule has 0 aromatic heterocycles. The highest BCUT2D eigenvalue weighted by Crippen LogP contribution is 2.22. The highest BCUT2D eigenvalue weighted by Gasteiger charge is 2.25. The molecule has 0 saturated carbocycles. The van der Waals surface area contributed by atoms with Gasteiger partial charge in [-0.1, -0.05) is 46.0 Å². The molecule has 0 amide bonds. The minimum atomic E-state index is -3.86. The van der Waals surface area contributed by atoms with Gasteiger partial charge in [0.1, 0.15) is 0 Å². The predicted molar refractivity (Wildman–Crippen MR) is 63.6 cm³/mol. The summed E-state index contributed by atoms with van der Waals surface area (Å²) in [5.41, 5.74) is 0. The summed E-state index contributed by atoms with van der Waals surface area (Å²) in [6.45, 7) is 5.73. The maximum atomic E-state index is 11.0. The summed E-state index contributed by atoms with van der Waals surface area (Å²) in [6, 6.07) is 0. The van der Waals surface area contributed by atoms with E-state index in [2.05, 4.69) is 6.92 Å². The molecular weight excluding hydrogens is 212 g/mol. The Morgan fingerprint density at radius 2 is 1.73 bits per heavy atom.